The highest BCUT2D eigenvalue weighted by Gasteiger charge is 2.28. The van der Waals surface area contributed by atoms with E-state index in [-0.39, 0.29) is 0 Å². The van der Waals surface area contributed by atoms with Crippen molar-refractivity contribution in [1.82, 2.24) is 9.88 Å². The average molecular weight is 380 g/mol. The number of aryl methyl sites for hydroxylation is 1. The van der Waals surface area contributed by atoms with Gasteiger partial charge in [-0.05, 0) is 42.9 Å². The first-order valence-corrected chi connectivity index (χ1v) is 7.92. The van der Waals surface area contributed by atoms with E-state index in [1.807, 2.05) is 12.4 Å². The molecule has 0 saturated carbocycles. The summed E-state index contributed by atoms with van der Waals surface area (Å²) in [6, 6.07) is 2.10. The molecule has 4 N–H and O–H groups in total. The van der Waals surface area contributed by atoms with Gasteiger partial charge in [-0.25, -0.2) is 19.2 Å². The van der Waals surface area contributed by atoms with Crippen LogP contribution in [0.5, 0.6) is 0 Å². The highest BCUT2D eigenvalue weighted by molar-refractivity contribution is 6.27. The summed E-state index contributed by atoms with van der Waals surface area (Å²) < 4.78 is 0. The number of nitrogens with zero attached hydrogens (tertiary/aromatic N) is 2. The lowest BCUT2D eigenvalue weighted by Gasteiger charge is -2.39. The maximum atomic E-state index is 9.10. The van der Waals surface area contributed by atoms with Crippen LogP contribution in [0.25, 0.3) is 5.57 Å². The summed E-state index contributed by atoms with van der Waals surface area (Å²) in [6.45, 7) is 4.66. The number of allylic oxidation sites excluding steroid dienone is 1. The molecule has 1 aromatic heterocycles. The van der Waals surface area contributed by atoms with Gasteiger partial charge in [-0.2, -0.15) is 0 Å². The number of piperidine rings is 1. The second-order valence-corrected chi connectivity index (χ2v) is 5.81. The Labute approximate surface area is 154 Å². The monoisotopic (exact) mass is 380 g/mol. The maximum absolute atomic E-state index is 9.10. The zero-order valence-corrected chi connectivity index (χ0v) is 14.5. The molecule has 3 aliphatic heterocycles. The summed E-state index contributed by atoms with van der Waals surface area (Å²) in [6.07, 6.45) is 8.88. The molecule has 0 amide bonds. The third kappa shape index (κ3) is 6.77. The largest absolute Gasteiger partial charge is 0.473 e. The van der Waals surface area contributed by atoms with Crippen LogP contribution in [0.2, 0.25) is 0 Å². The number of aliphatic carboxylic acids is 4. The number of rotatable bonds is 1. The van der Waals surface area contributed by atoms with E-state index < -0.39 is 23.9 Å². The SMILES string of the molecule is Cc1ccncc1C1=CN2CCC1CC2.O=C(O)C(=O)O.O=C(O)C(=O)O. The average Bonchev–Trinajstić information content (AvgIpc) is 2.64. The Morgan fingerprint density at radius 2 is 1.44 bits per heavy atom. The van der Waals surface area contributed by atoms with E-state index in [0.29, 0.717) is 0 Å². The second kappa shape index (κ2) is 9.90. The van der Waals surface area contributed by atoms with E-state index in [2.05, 4.69) is 29.1 Å². The van der Waals surface area contributed by atoms with E-state index in [0.717, 1.165) is 5.92 Å². The van der Waals surface area contributed by atoms with Crippen LogP contribution >= 0.6 is 0 Å². The van der Waals surface area contributed by atoms with Crippen LogP contribution < -0.4 is 0 Å². The fraction of sp³-hybridized carbons (Fsp3) is 0.353. The lowest BCUT2D eigenvalue weighted by Crippen LogP contribution is -2.35. The summed E-state index contributed by atoms with van der Waals surface area (Å²) in [5.74, 6) is -6.52. The summed E-state index contributed by atoms with van der Waals surface area (Å²) in [5.41, 5.74) is 4.22. The predicted molar refractivity (Wildman–Crippen MR) is 91.8 cm³/mol. The summed E-state index contributed by atoms with van der Waals surface area (Å²) >= 11 is 0. The lowest BCUT2D eigenvalue weighted by atomic mass is 9.82. The molecule has 27 heavy (non-hydrogen) atoms. The zero-order chi connectivity index (χ0) is 20.6. The Hall–Kier alpha value is -3.43. The van der Waals surface area contributed by atoms with E-state index in [9.17, 15) is 0 Å². The summed E-state index contributed by atoms with van der Waals surface area (Å²) in [4.78, 5) is 43.1. The maximum Gasteiger partial charge on any atom is 0.414 e. The van der Waals surface area contributed by atoms with Gasteiger partial charge >= 0.3 is 23.9 Å². The normalized spacial score (nSPS) is 14.7. The minimum absolute atomic E-state index is 0.776. The van der Waals surface area contributed by atoms with Gasteiger partial charge in [-0.3, -0.25) is 4.98 Å². The molecule has 1 saturated heterocycles. The smallest absolute Gasteiger partial charge is 0.414 e. The molecule has 0 unspecified atom stereocenters. The third-order valence-electron chi connectivity index (χ3n) is 4.01. The number of carboxylic acids is 4. The van der Waals surface area contributed by atoms with E-state index >= 15 is 0 Å². The van der Waals surface area contributed by atoms with Crippen molar-refractivity contribution < 1.29 is 39.6 Å². The number of carboxylic acid groups (broad SMARTS) is 4. The number of pyridine rings is 1. The van der Waals surface area contributed by atoms with Crippen LogP contribution in [0, 0.1) is 12.8 Å². The highest BCUT2D eigenvalue weighted by atomic mass is 16.4. The Kier molecular flexibility index (Phi) is 7.92. The first-order valence-electron chi connectivity index (χ1n) is 7.92. The molecule has 1 aromatic rings. The fourth-order valence-corrected chi connectivity index (χ4v) is 2.70. The van der Waals surface area contributed by atoms with Gasteiger partial charge in [0.1, 0.15) is 0 Å². The van der Waals surface area contributed by atoms with Crippen LogP contribution in [0.4, 0.5) is 0 Å². The number of hydrogen-bond donors (Lipinski definition) is 4. The summed E-state index contributed by atoms with van der Waals surface area (Å²) in [7, 11) is 0. The summed E-state index contributed by atoms with van der Waals surface area (Å²) in [5, 5.41) is 29.6. The fourth-order valence-electron chi connectivity index (χ4n) is 2.70. The first kappa shape index (κ1) is 21.6. The van der Waals surface area contributed by atoms with Crippen molar-refractivity contribution in [3.8, 4) is 0 Å². The van der Waals surface area contributed by atoms with Gasteiger partial charge in [-0.15, -0.1) is 0 Å². The van der Waals surface area contributed by atoms with E-state index in [4.69, 9.17) is 39.6 Å². The Morgan fingerprint density at radius 1 is 0.963 bits per heavy atom. The van der Waals surface area contributed by atoms with E-state index in [1.165, 1.54) is 42.6 Å². The topological polar surface area (TPSA) is 165 Å². The van der Waals surface area contributed by atoms with Crippen molar-refractivity contribution in [2.45, 2.75) is 19.8 Å². The molecule has 0 radical (unpaired) electrons. The molecule has 0 spiro atoms. The molecule has 3 aliphatic rings. The first-order chi connectivity index (χ1) is 12.6. The highest BCUT2D eigenvalue weighted by Crippen LogP contribution is 2.37. The molecule has 0 aliphatic carbocycles. The molecular weight excluding hydrogens is 360 g/mol. The van der Waals surface area contributed by atoms with Crippen molar-refractivity contribution in [1.29, 1.82) is 0 Å². The van der Waals surface area contributed by atoms with Crippen LogP contribution in [-0.2, 0) is 19.2 Å². The molecule has 2 bridgehead atoms. The van der Waals surface area contributed by atoms with Crippen LogP contribution in [0.15, 0.2) is 24.7 Å². The minimum atomic E-state index is -1.82. The Morgan fingerprint density at radius 3 is 1.78 bits per heavy atom. The molecule has 146 valence electrons. The van der Waals surface area contributed by atoms with Gasteiger partial charge < -0.3 is 25.3 Å². The lowest BCUT2D eigenvalue weighted by molar-refractivity contribution is -0.159. The van der Waals surface area contributed by atoms with Gasteiger partial charge in [0.15, 0.2) is 0 Å². The molecule has 4 rings (SSSR count). The van der Waals surface area contributed by atoms with Gasteiger partial charge in [0.25, 0.3) is 0 Å². The third-order valence-corrected chi connectivity index (χ3v) is 4.01. The van der Waals surface area contributed by atoms with E-state index in [1.54, 1.807) is 0 Å². The Bertz CT molecular complexity index is 703. The number of carbonyl (C=O) groups is 4. The molecule has 10 nitrogen and oxygen atoms in total. The quantitative estimate of drug-likeness (QED) is 0.511. The zero-order valence-electron chi connectivity index (χ0n) is 14.5. The second-order valence-electron chi connectivity index (χ2n) is 5.81. The Balaban J connectivity index is 0.000000256. The van der Waals surface area contributed by atoms with Crippen molar-refractivity contribution in [2.75, 3.05) is 13.1 Å². The van der Waals surface area contributed by atoms with Gasteiger partial charge in [-0.1, -0.05) is 0 Å². The van der Waals surface area contributed by atoms with Gasteiger partial charge in [0.05, 0.1) is 0 Å². The molecule has 1 fully saturated rings. The predicted octanol–water partition coefficient (Wildman–Crippen LogP) is 0.768. The minimum Gasteiger partial charge on any atom is -0.473 e. The van der Waals surface area contributed by atoms with Crippen LogP contribution in [0.3, 0.4) is 0 Å². The standard InChI is InChI=1S/C13H16N2.2C2H2O4/c1-10-2-5-14-8-12(10)13-9-15-6-3-11(13)4-7-15;2*3-1(4)2(5)6/h2,5,8-9,11H,3-4,6-7H2,1H3;2*(H,3,4)(H,5,6). The molecular formula is C17H20N2O8. The number of fused-ring (bicyclic) bond motifs is 2. The number of hydrogen-bond acceptors (Lipinski definition) is 6. The van der Waals surface area contributed by atoms with Crippen molar-refractivity contribution >= 4 is 29.5 Å². The van der Waals surface area contributed by atoms with Crippen LogP contribution in [0.1, 0.15) is 24.0 Å². The molecule has 10 heteroatoms. The van der Waals surface area contributed by atoms with Crippen LogP contribution in [-0.4, -0.2) is 67.3 Å². The number of aromatic nitrogens is 1. The van der Waals surface area contributed by atoms with Gasteiger partial charge in [0, 0.05) is 37.2 Å². The van der Waals surface area contributed by atoms with Crippen molar-refractivity contribution in [3.05, 3.63) is 35.8 Å². The molecule has 4 heterocycles. The molecule has 0 aromatic carbocycles. The van der Waals surface area contributed by atoms with Crippen molar-refractivity contribution in [3.63, 3.8) is 0 Å². The van der Waals surface area contributed by atoms with Gasteiger partial charge in [0.2, 0.25) is 0 Å². The van der Waals surface area contributed by atoms with Crippen molar-refractivity contribution in [2.24, 2.45) is 5.92 Å². The molecule has 0 atom stereocenters.